The Morgan fingerprint density at radius 1 is 1.19 bits per heavy atom. The van der Waals surface area contributed by atoms with Crippen LogP contribution in [0.4, 0.5) is 4.39 Å². The number of carbonyl (C=O) groups is 1. The Kier molecular flexibility index (Phi) is 4.47. The number of fused-ring (bicyclic) bond motifs is 1. The highest BCUT2D eigenvalue weighted by atomic mass is 19.1. The smallest absolute Gasteiger partial charge is 0.256 e. The number of hydrogen-bond donors (Lipinski definition) is 2. The first-order valence-corrected chi connectivity index (χ1v) is 8.95. The lowest BCUT2D eigenvalue weighted by molar-refractivity contribution is 0.0771. The van der Waals surface area contributed by atoms with Crippen LogP contribution in [0.25, 0.3) is 22.0 Å². The van der Waals surface area contributed by atoms with Gasteiger partial charge in [0.2, 0.25) is 0 Å². The summed E-state index contributed by atoms with van der Waals surface area (Å²) < 4.78 is 14.6. The van der Waals surface area contributed by atoms with Crippen LogP contribution in [0.5, 0.6) is 0 Å². The molecule has 2 aromatic carbocycles. The minimum Gasteiger partial charge on any atom is -0.361 e. The van der Waals surface area contributed by atoms with Crippen molar-refractivity contribution in [1.82, 2.24) is 15.2 Å². The Morgan fingerprint density at radius 2 is 2.00 bits per heavy atom. The lowest BCUT2D eigenvalue weighted by atomic mass is 10.0. The zero-order valence-electron chi connectivity index (χ0n) is 14.8. The summed E-state index contributed by atoms with van der Waals surface area (Å²) >= 11 is 0. The third-order valence-electron chi connectivity index (χ3n) is 5.13. The SMILES string of the molecule is CN(C[C@@H]1CCNC1)C(=O)c1ccc(-c2ccc3cc[nH]c3c2)cc1F. The maximum atomic E-state index is 14.6. The minimum atomic E-state index is -0.476. The van der Waals surface area contributed by atoms with Gasteiger partial charge in [-0.05, 0) is 66.2 Å². The average Bonchev–Trinajstić information content (AvgIpc) is 3.31. The molecule has 0 saturated carbocycles. The highest BCUT2D eigenvalue weighted by Gasteiger charge is 2.22. The van der Waals surface area contributed by atoms with Gasteiger partial charge in [-0.1, -0.05) is 18.2 Å². The number of aromatic amines is 1. The van der Waals surface area contributed by atoms with Gasteiger partial charge in [-0.3, -0.25) is 4.79 Å². The molecule has 0 radical (unpaired) electrons. The van der Waals surface area contributed by atoms with E-state index in [1.54, 1.807) is 18.0 Å². The van der Waals surface area contributed by atoms with Crippen LogP contribution in [-0.2, 0) is 0 Å². The third-order valence-corrected chi connectivity index (χ3v) is 5.13. The molecule has 4 nitrogen and oxygen atoms in total. The van der Waals surface area contributed by atoms with Crippen molar-refractivity contribution in [3.05, 3.63) is 60.0 Å². The monoisotopic (exact) mass is 351 g/mol. The molecule has 1 fully saturated rings. The Balaban J connectivity index is 1.55. The maximum Gasteiger partial charge on any atom is 0.256 e. The Morgan fingerprint density at radius 3 is 2.77 bits per heavy atom. The molecule has 1 amide bonds. The van der Waals surface area contributed by atoms with Gasteiger partial charge in [0.15, 0.2) is 0 Å². The van der Waals surface area contributed by atoms with E-state index in [1.165, 1.54) is 6.07 Å². The molecule has 5 heteroatoms. The molecule has 1 aliphatic rings. The number of rotatable bonds is 4. The molecular weight excluding hydrogens is 329 g/mol. The minimum absolute atomic E-state index is 0.128. The second-order valence-electron chi connectivity index (χ2n) is 7.02. The summed E-state index contributed by atoms with van der Waals surface area (Å²) in [7, 11) is 1.74. The van der Waals surface area contributed by atoms with Crippen molar-refractivity contribution in [3.8, 4) is 11.1 Å². The summed E-state index contributed by atoms with van der Waals surface area (Å²) in [6, 6.07) is 12.8. The molecule has 0 spiro atoms. The van der Waals surface area contributed by atoms with E-state index in [-0.39, 0.29) is 11.5 Å². The molecule has 0 aliphatic carbocycles. The van der Waals surface area contributed by atoms with Crippen LogP contribution in [0.1, 0.15) is 16.8 Å². The van der Waals surface area contributed by atoms with Crippen LogP contribution in [0.15, 0.2) is 48.7 Å². The van der Waals surface area contributed by atoms with Crippen molar-refractivity contribution in [2.45, 2.75) is 6.42 Å². The van der Waals surface area contributed by atoms with Crippen LogP contribution < -0.4 is 5.32 Å². The number of hydrogen-bond acceptors (Lipinski definition) is 2. The predicted molar refractivity (Wildman–Crippen MR) is 102 cm³/mol. The van der Waals surface area contributed by atoms with Gasteiger partial charge in [0.25, 0.3) is 5.91 Å². The molecule has 4 rings (SSSR count). The number of aromatic nitrogens is 1. The van der Waals surface area contributed by atoms with Gasteiger partial charge in [-0.15, -0.1) is 0 Å². The number of carbonyl (C=O) groups excluding carboxylic acids is 1. The van der Waals surface area contributed by atoms with Crippen molar-refractivity contribution in [2.24, 2.45) is 5.92 Å². The molecule has 1 saturated heterocycles. The zero-order valence-corrected chi connectivity index (χ0v) is 14.8. The van der Waals surface area contributed by atoms with Crippen molar-refractivity contribution >= 4 is 16.8 Å². The average molecular weight is 351 g/mol. The Labute approximate surface area is 152 Å². The molecule has 3 aromatic rings. The normalized spacial score (nSPS) is 16.9. The van der Waals surface area contributed by atoms with Gasteiger partial charge >= 0.3 is 0 Å². The number of nitrogens with zero attached hydrogens (tertiary/aromatic N) is 1. The molecule has 1 atom stereocenters. The number of H-pyrrole nitrogens is 1. The molecular formula is C21H22FN3O. The van der Waals surface area contributed by atoms with E-state index in [9.17, 15) is 9.18 Å². The fourth-order valence-electron chi connectivity index (χ4n) is 3.64. The summed E-state index contributed by atoms with van der Waals surface area (Å²) in [6.45, 7) is 2.55. The van der Waals surface area contributed by atoms with Crippen LogP contribution in [0.2, 0.25) is 0 Å². The van der Waals surface area contributed by atoms with E-state index >= 15 is 0 Å². The van der Waals surface area contributed by atoms with Gasteiger partial charge in [-0.2, -0.15) is 0 Å². The summed E-state index contributed by atoms with van der Waals surface area (Å²) in [6.07, 6.45) is 2.94. The summed E-state index contributed by atoms with van der Waals surface area (Å²) in [4.78, 5) is 17.4. The molecule has 2 heterocycles. The zero-order chi connectivity index (χ0) is 18.1. The topological polar surface area (TPSA) is 48.1 Å². The lowest BCUT2D eigenvalue weighted by Crippen LogP contribution is -2.33. The van der Waals surface area contributed by atoms with Gasteiger partial charge in [0.05, 0.1) is 5.56 Å². The highest BCUT2D eigenvalue weighted by Crippen LogP contribution is 2.26. The first kappa shape index (κ1) is 16.8. The molecule has 1 aliphatic heterocycles. The number of amides is 1. The van der Waals surface area contributed by atoms with E-state index in [1.807, 2.05) is 36.5 Å². The van der Waals surface area contributed by atoms with E-state index in [0.717, 1.165) is 41.5 Å². The molecule has 26 heavy (non-hydrogen) atoms. The van der Waals surface area contributed by atoms with E-state index in [2.05, 4.69) is 10.3 Å². The summed E-state index contributed by atoms with van der Waals surface area (Å²) in [5.74, 6) is -0.296. The number of benzene rings is 2. The summed E-state index contributed by atoms with van der Waals surface area (Å²) in [5.41, 5.74) is 2.82. The van der Waals surface area contributed by atoms with Crippen molar-refractivity contribution < 1.29 is 9.18 Å². The summed E-state index contributed by atoms with van der Waals surface area (Å²) in [5, 5.41) is 4.40. The largest absolute Gasteiger partial charge is 0.361 e. The third kappa shape index (κ3) is 3.22. The quantitative estimate of drug-likeness (QED) is 0.754. The lowest BCUT2D eigenvalue weighted by Gasteiger charge is -2.21. The van der Waals surface area contributed by atoms with E-state index in [4.69, 9.17) is 0 Å². The second kappa shape index (κ2) is 6.92. The predicted octanol–water partition coefficient (Wildman–Crippen LogP) is 3.66. The molecule has 1 aromatic heterocycles. The van der Waals surface area contributed by atoms with Crippen LogP contribution in [-0.4, -0.2) is 42.5 Å². The van der Waals surface area contributed by atoms with Gasteiger partial charge in [-0.25, -0.2) is 4.39 Å². The van der Waals surface area contributed by atoms with Gasteiger partial charge < -0.3 is 15.2 Å². The molecule has 2 N–H and O–H groups in total. The standard InChI is InChI=1S/C21H22FN3O/c1-25(13-14-6-8-23-12-14)21(26)18-5-4-16(10-19(18)22)17-3-2-15-7-9-24-20(15)11-17/h2-5,7,9-11,14,23-24H,6,8,12-13H2,1H3/t14-/m1/s1. The molecule has 134 valence electrons. The maximum absolute atomic E-state index is 14.6. The fraction of sp³-hybridized carbons (Fsp3) is 0.286. The van der Waals surface area contributed by atoms with Crippen LogP contribution in [0, 0.1) is 11.7 Å². The van der Waals surface area contributed by atoms with Crippen LogP contribution in [0.3, 0.4) is 0 Å². The fourth-order valence-corrected chi connectivity index (χ4v) is 3.64. The van der Waals surface area contributed by atoms with Crippen molar-refractivity contribution in [1.29, 1.82) is 0 Å². The Hall–Kier alpha value is -2.66. The number of halogens is 1. The molecule has 0 bridgehead atoms. The second-order valence-corrected chi connectivity index (χ2v) is 7.02. The first-order valence-electron chi connectivity index (χ1n) is 8.95. The van der Waals surface area contributed by atoms with Crippen LogP contribution >= 0.6 is 0 Å². The molecule has 0 unspecified atom stereocenters. The van der Waals surface area contributed by atoms with Gasteiger partial charge in [0.1, 0.15) is 5.82 Å². The van der Waals surface area contributed by atoms with Crippen molar-refractivity contribution in [3.63, 3.8) is 0 Å². The van der Waals surface area contributed by atoms with Gasteiger partial charge in [0, 0.05) is 25.3 Å². The number of nitrogens with one attached hydrogen (secondary N) is 2. The van der Waals surface area contributed by atoms with E-state index in [0.29, 0.717) is 12.5 Å². The highest BCUT2D eigenvalue weighted by molar-refractivity contribution is 5.95. The van der Waals surface area contributed by atoms with Crippen molar-refractivity contribution in [2.75, 3.05) is 26.7 Å². The Bertz CT molecular complexity index is 943. The van der Waals surface area contributed by atoms with E-state index < -0.39 is 5.82 Å². The first-order chi connectivity index (χ1) is 12.6.